The van der Waals surface area contributed by atoms with Crippen molar-refractivity contribution in [2.75, 3.05) is 14.1 Å². The minimum atomic E-state index is 0.299. The monoisotopic (exact) mass is 252 g/mol. The van der Waals surface area contributed by atoms with Crippen molar-refractivity contribution in [2.45, 2.75) is 82.2 Å². The van der Waals surface area contributed by atoms with E-state index in [1.165, 1.54) is 70.6 Å². The topological polar surface area (TPSA) is 29.3 Å². The molecule has 2 aliphatic carbocycles. The largest absolute Gasteiger partial charge is 0.326 e. The van der Waals surface area contributed by atoms with Gasteiger partial charge in [-0.25, -0.2) is 0 Å². The fourth-order valence-electron chi connectivity index (χ4n) is 4.35. The van der Waals surface area contributed by atoms with Gasteiger partial charge in [0.25, 0.3) is 0 Å². The van der Waals surface area contributed by atoms with E-state index in [-0.39, 0.29) is 0 Å². The number of hydrogen-bond acceptors (Lipinski definition) is 2. The van der Waals surface area contributed by atoms with Crippen LogP contribution < -0.4 is 5.73 Å². The number of nitrogens with zero attached hydrogens (tertiary/aromatic N) is 1. The van der Waals surface area contributed by atoms with Crippen LogP contribution in [0.15, 0.2) is 0 Å². The summed E-state index contributed by atoms with van der Waals surface area (Å²) in [4.78, 5) is 2.46. The van der Waals surface area contributed by atoms with E-state index in [0.717, 1.165) is 5.92 Å². The third-order valence-corrected chi connectivity index (χ3v) is 5.64. The Labute approximate surface area is 113 Å². The quantitative estimate of drug-likeness (QED) is 0.778. The van der Waals surface area contributed by atoms with Crippen LogP contribution in [0.4, 0.5) is 0 Å². The lowest BCUT2D eigenvalue weighted by Crippen LogP contribution is -2.61. The standard InChI is InChI=1S/C16H32N2/c1-18(2)16(12-8-5-9-13-16)15(17)14-10-6-3-4-7-11-14/h14-15H,3-13,17H2,1-2H3. The van der Waals surface area contributed by atoms with E-state index >= 15 is 0 Å². The molecule has 2 fully saturated rings. The lowest BCUT2D eigenvalue weighted by molar-refractivity contribution is 0.0456. The van der Waals surface area contributed by atoms with E-state index < -0.39 is 0 Å². The summed E-state index contributed by atoms with van der Waals surface area (Å²) in [6, 6.07) is 0.394. The van der Waals surface area contributed by atoms with Crippen LogP contribution in [0.5, 0.6) is 0 Å². The van der Waals surface area contributed by atoms with Crippen molar-refractivity contribution in [1.29, 1.82) is 0 Å². The summed E-state index contributed by atoms with van der Waals surface area (Å²) >= 11 is 0. The highest BCUT2D eigenvalue weighted by atomic mass is 15.2. The van der Waals surface area contributed by atoms with Crippen molar-refractivity contribution in [2.24, 2.45) is 11.7 Å². The predicted molar refractivity (Wildman–Crippen MR) is 78.7 cm³/mol. The first-order valence-corrected chi connectivity index (χ1v) is 8.10. The predicted octanol–water partition coefficient (Wildman–Crippen LogP) is 3.55. The molecule has 1 atom stereocenters. The van der Waals surface area contributed by atoms with Crippen LogP contribution in [0.3, 0.4) is 0 Å². The van der Waals surface area contributed by atoms with Crippen LogP contribution in [0.25, 0.3) is 0 Å². The Hall–Kier alpha value is -0.0800. The van der Waals surface area contributed by atoms with Crippen LogP contribution in [-0.4, -0.2) is 30.6 Å². The Morgan fingerprint density at radius 1 is 0.889 bits per heavy atom. The van der Waals surface area contributed by atoms with Gasteiger partial charge >= 0.3 is 0 Å². The van der Waals surface area contributed by atoms with Crippen LogP contribution >= 0.6 is 0 Å². The van der Waals surface area contributed by atoms with Crippen LogP contribution in [0.1, 0.15) is 70.6 Å². The molecule has 1 unspecified atom stereocenters. The van der Waals surface area contributed by atoms with Crippen LogP contribution in [0, 0.1) is 5.92 Å². The highest BCUT2D eigenvalue weighted by Crippen LogP contribution is 2.39. The van der Waals surface area contributed by atoms with Crippen molar-refractivity contribution >= 4 is 0 Å². The van der Waals surface area contributed by atoms with Gasteiger partial charge in [-0.05, 0) is 45.7 Å². The van der Waals surface area contributed by atoms with Crippen molar-refractivity contribution in [3.63, 3.8) is 0 Å². The van der Waals surface area contributed by atoms with Crippen molar-refractivity contribution in [1.82, 2.24) is 4.90 Å². The fraction of sp³-hybridized carbons (Fsp3) is 1.00. The lowest BCUT2D eigenvalue weighted by Gasteiger charge is -2.49. The van der Waals surface area contributed by atoms with Gasteiger partial charge in [-0.15, -0.1) is 0 Å². The molecule has 0 aromatic heterocycles. The van der Waals surface area contributed by atoms with E-state index in [0.29, 0.717) is 11.6 Å². The minimum absolute atomic E-state index is 0.299. The fourth-order valence-corrected chi connectivity index (χ4v) is 4.35. The van der Waals surface area contributed by atoms with Gasteiger partial charge in [0.05, 0.1) is 0 Å². The maximum atomic E-state index is 6.79. The molecule has 106 valence electrons. The molecular weight excluding hydrogens is 220 g/mol. The molecular formula is C16H32N2. The first kappa shape index (κ1) is 14.3. The molecule has 2 aliphatic rings. The van der Waals surface area contributed by atoms with Gasteiger partial charge in [0, 0.05) is 11.6 Å². The molecule has 2 N–H and O–H groups in total. The second-order valence-electron chi connectivity index (χ2n) is 6.84. The highest BCUT2D eigenvalue weighted by Gasteiger charge is 2.42. The molecule has 0 heterocycles. The number of nitrogens with two attached hydrogens (primary N) is 1. The van der Waals surface area contributed by atoms with E-state index in [2.05, 4.69) is 19.0 Å². The molecule has 0 saturated heterocycles. The summed E-state index contributed by atoms with van der Waals surface area (Å²) < 4.78 is 0. The summed E-state index contributed by atoms with van der Waals surface area (Å²) in [6.45, 7) is 0. The first-order chi connectivity index (χ1) is 8.67. The van der Waals surface area contributed by atoms with Gasteiger partial charge in [-0.2, -0.15) is 0 Å². The van der Waals surface area contributed by atoms with Crippen LogP contribution in [-0.2, 0) is 0 Å². The minimum Gasteiger partial charge on any atom is -0.326 e. The Kier molecular flexibility index (Phi) is 5.08. The molecule has 2 saturated carbocycles. The summed E-state index contributed by atoms with van der Waals surface area (Å²) in [6.07, 6.45) is 15.2. The van der Waals surface area contributed by atoms with Gasteiger partial charge < -0.3 is 10.6 Å². The normalized spacial score (nSPS) is 28.0. The van der Waals surface area contributed by atoms with Crippen molar-refractivity contribution in [3.8, 4) is 0 Å². The van der Waals surface area contributed by atoms with Gasteiger partial charge in [-0.1, -0.05) is 44.9 Å². The molecule has 2 rings (SSSR count). The maximum absolute atomic E-state index is 6.79. The summed E-state index contributed by atoms with van der Waals surface area (Å²) in [5.41, 5.74) is 7.09. The molecule has 0 bridgehead atoms. The smallest absolute Gasteiger partial charge is 0.0357 e. The molecule has 0 radical (unpaired) electrons. The van der Waals surface area contributed by atoms with Crippen LogP contribution in [0.2, 0.25) is 0 Å². The third-order valence-electron chi connectivity index (χ3n) is 5.64. The summed E-state index contributed by atoms with van der Waals surface area (Å²) in [5, 5.41) is 0. The van der Waals surface area contributed by atoms with Crippen molar-refractivity contribution < 1.29 is 0 Å². The van der Waals surface area contributed by atoms with E-state index in [1.54, 1.807) is 0 Å². The van der Waals surface area contributed by atoms with Crippen molar-refractivity contribution in [3.05, 3.63) is 0 Å². The Morgan fingerprint density at radius 2 is 1.39 bits per heavy atom. The molecule has 0 aromatic carbocycles. The van der Waals surface area contributed by atoms with E-state index in [1.807, 2.05) is 0 Å². The number of hydrogen-bond donors (Lipinski definition) is 1. The maximum Gasteiger partial charge on any atom is 0.0357 e. The Bertz CT molecular complexity index is 235. The van der Waals surface area contributed by atoms with Gasteiger partial charge in [-0.3, -0.25) is 0 Å². The second kappa shape index (κ2) is 6.38. The summed E-state index contributed by atoms with van der Waals surface area (Å²) in [5.74, 6) is 0.771. The molecule has 2 heteroatoms. The molecule has 0 aromatic rings. The second-order valence-corrected chi connectivity index (χ2v) is 6.84. The van der Waals surface area contributed by atoms with E-state index in [4.69, 9.17) is 5.73 Å². The van der Waals surface area contributed by atoms with E-state index in [9.17, 15) is 0 Å². The van der Waals surface area contributed by atoms with Gasteiger partial charge in [0.2, 0.25) is 0 Å². The van der Waals surface area contributed by atoms with Gasteiger partial charge in [0.1, 0.15) is 0 Å². The van der Waals surface area contributed by atoms with Gasteiger partial charge in [0.15, 0.2) is 0 Å². The SMILES string of the molecule is CN(C)C1(C(N)C2CCCCCC2)CCCCC1. The molecule has 2 nitrogen and oxygen atoms in total. The number of rotatable bonds is 3. The Morgan fingerprint density at radius 3 is 1.89 bits per heavy atom. The third kappa shape index (κ3) is 2.91. The Balaban J connectivity index is 2.08. The summed E-state index contributed by atoms with van der Waals surface area (Å²) in [7, 11) is 4.50. The molecule has 0 amide bonds. The zero-order valence-electron chi connectivity index (χ0n) is 12.5. The molecule has 0 spiro atoms. The lowest BCUT2D eigenvalue weighted by atomic mass is 9.70. The molecule has 0 aliphatic heterocycles. The average molecular weight is 252 g/mol. The molecule has 18 heavy (non-hydrogen) atoms. The zero-order chi connectivity index (χ0) is 13.0. The zero-order valence-corrected chi connectivity index (χ0v) is 12.5. The highest BCUT2D eigenvalue weighted by molar-refractivity contribution is 5.01. The average Bonchev–Trinajstić information content (AvgIpc) is 2.67. The first-order valence-electron chi connectivity index (χ1n) is 8.10. The number of likely N-dealkylation sites (N-methyl/N-ethyl adjacent to an activating group) is 1.